The van der Waals surface area contributed by atoms with Gasteiger partial charge in [-0.25, -0.2) is 4.39 Å². The van der Waals surface area contributed by atoms with Crippen molar-refractivity contribution in [3.05, 3.63) is 59.2 Å². The van der Waals surface area contributed by atoms with E-state index >= 15 is 0 Å². The zero-order chi connectivity index (χ0) is 14.7. The largest absolute Gasteiger partial charge is 0.399 e. The van der Waals surface area contributed by atoms with Crippen molar-refractivity contribution in [1.82, 2.24) is 9.88 Å². The van der Waals surface area contributed by atoms with Gasteiger partial charge in [0.15, 0.2) is 0 Å². The third-order valence-corrected chi connectivity index (χ3v) is 2.92. The second-order valence-electron chi connectivity index (χ2n) is 4.67. The van der Waals surface area contributed by atoms with Crippen LogP contribution in [0.25, 0.3) is 0 Å². The average molecular weight is 273 g/mol. The lowest BCUT2D eigenvalue weighted by Gasteiger charge is -2.17. The topological polar surface area (TPSA) is 59.2 Å². The molecule has 20 heavy (non-hydrogen) atoms. The van der Waals surface area contributed by atoms with Crippen LogP contribution in [0.5, 0.6) is 0 Å². The lowest BCUT2D eigenvalue weighted by Crippen LogP contribution is -2.27. The summed E-state index contributed by atoms with van der Waals surface area (Å²) in [5.41, 5.74) is 7.41. The highest BCUT2D eigenvalue weighted by atomic mass is 19.1. The van der Waals surface area contributed by atoms with Crippen molar-refractivity contribution in [2.24, 2.45) is 0 Å². The minimum absolute atomic E-state index is 0.00866. The highest BCUT2D eigenvalue weighted by Crippen LogP contribution is 2.14. The van der Waals surface area contributed by atoms with Crippen molar-refractivity contribution >= 4 is 11.6 Å². The van der Waals surface area contributed by atoms with Crippen molar-refractivity contribution in [1.29, 1.82) is 0 Å². The second-order valence-corrected chi connectivity index (χ2v) is 4.67. The van der Waals surface area contributed by atoms with Crippen LogP contribution in [0.3, 0.4) is 0 Å². The van der Waals surface area contributed by atoms with Crippen molar-refractivity contribution in [3.63, 3.8) is 0 Å². The van der Waals surface area contributed by atoms with Crippen LogP contribution < -0.4 is 5.73 Å². The van der Waals surface area contributed by atoms with Crippen LogP contribution >= 0.6 is 0 Å². The predicted molar refractivity (Wildman–Crippen MR) is 75.6 cm³/mol. The van der Waals surface area contributed by atoms with E-state index in [1.807, 2.05) is 25.1 Å². The molecule has 0 bridgehead atoms. The van der Waals surface area contributed by atoms with E-state index in [0.29, 0.717) is 12.2 Å². The fourth-order valence-corrected chi connectivity index (χ4v) is 1.91. The molecule has 0 aliphatic carbocycles. The van der Waals surface area contributed by atoms with Crippen LogP contribution in [-0.4, -0.2) is 22.8 Å². The van der Waals surface area contributed by atoms with Crippen LogP contribution in [0.4, 0.5) is 10.1 Å². The fourth-order valence-electron chi connectivity index (χ4n) is 1.91. The number of carbonyl (C=O) groups excluding carboxylic acids is 1. The van der Waals surface area contributed by atoms with E-state index in [-0.39, 0.29) is 5.56 Å². The maximum atomic E-state index is 13.7. The van der Waals surface area contributed by atoms with Gasteiger partial charge in [0.25, 0.3) is 5.91 Å². The van der Waals surface area contributed by atoms with Gasteiger partial charge in [-0.3, -0.25) is 9.78 Å². The highest BCUT2D eigenvalue weighted by Gasteiger charge is 2.16. The lowest BCUT2D eigenvalue weighted by atomic mass is 10.1. The SMILES string of the molecule is Cc1cccc(CN(C)C(=O)c2ccc(N)cc2F)n1. The Hall–Kier alpha value is -2.43. The van der Waals surface area contributed by atoms with E-state index in [1.54, 1.807) is 7.05 Å². The van der Waals surface area contributed by atoms with Gasteiger partial charge in [0, 0.05) is 18.4 Å². The van der Waals surface area contributed by atoms with E-state index in [1.165, 1.54) is 17.0 Å². The van der Waals surface area contributed by atoms with Crippen molar-refractivity contribution < 1.29 is 9.18 Å². The summed E-state index contributed by atoms with van der Waals surface area (Å²) < 4.78 is 13.7. The first-order valence-electron chi connectivity index (χ1n) is 6.20. The monoisotopic (exact) mass is 273 g/mol. The number of nitrogens with two attached hydrogens (primary N) is 1. The number of anilines is 1. The Morgan fingerprint density at radius 1 is 1.35 bits per heavy atom. The number of carbonyl (C=O) groups is 1. The van der Waals surface area contributed by atoms with Crippen molar-refractivity contribution in [2.45, 2.75) is 13.5 Å². The molecule has 5 heteroatoms. The molecule has 0 fully saturated rings. The zero-order valence-electron chi connectivity index (χ0n) is 11.4. The van der Waals surface area contributed by atoms with Gasteiger partial charge in [0.05, 0.1) is 17.8 Å². The number of hydrogen-bond donors (Lipinski definition) is 1. The molecular formula is C15H16FN3O. The van der Waals surface area contributed by atoms with E-state index in [4.69, 9.17) is 5.73 Å². The molecule has 104 valence electrons. The maximum absolute atomic E-state index is 13.7. The van der Waals surface area contributed by atoms with Crippen LogP contribution in [0.15, 0.2) is 36.4 Å². The number of amides is 1. The highest BCUT2D eigenvalue weighted by molar-refractivity contribution is 5.94. The number of hydrogen-bond acceptors (Lipinski definition) is 3. The number of nitrogens with zero attached hydrogens (tertiary/aromatic N) is 2. The van der Waals surface area contributed by atoms with E-state index in [0.717, 1.165) is 17.5 Å². The molecule has 2 aromatic rings. The Balaban J connectivity index is 2.16. The lowest BCUT2D eigenvalue weighted by molar-refractivity contribution is 0.0778. The first-order valence-corrected chi connectivity index (χ1v) is 6.20. The molecule has 0 saturated heterocycles. The van der Waals surface area contributed by atoms with Gasteiger partial charge in [0.1, 0.15) is 5.82 Å². The Morgan fingerprint density at radius 3 is 2.75 bits per heavy atom. The van der Waals surface area contributed by atoms with Crippen LogP contribution in [-0.2, 0) is 6.54 Å². The predicted octanol–water partition coefficient (Wildman–Crippen LogP) is 2.38. The minimum Gasteiger partial charge on any atom is -0.399 e. The summed E-state index contributed by atoms with van der Waals surface area (Å²) in [6.07, 6.45) is 0. The molecule has 1 heterocycles. The molecule has 2 N–H and O–H groups in total. The maximum Gasteiger partial charge on any atom is 0.256 e. The summed E-state index contributed by atoms with van der Waals surface area (Å²) in [5, 5.41) is 0. The molecule has 2 rings (SSSR count). The molecule has 0 aliphatic heterocycles. The van der Waals surface area contributed by atoms with Gasteiger partial charge in [0.2, 0.25) is 0 Å². The van der Waals surface area contributed by atoms with E-state index in [9.17, 15) is 9.18 Å². The van der Waals surface area contributed by atoms with Crippen LogP contribution in [0.1, 0.15) is 21.7 Å². The molecule has 1 aromatic carbocycles. The van der Waals surface area contributed by atoms with Gasteiger partial charge in [-0.1, -0.05) is 6.07 Å². The zero-order valence-corrected chi connectivity index (χ0v) is 11.4. The Bertz CT molecular complexity index is 643. The fraction of sp³-hybridized carbons (Fsp3) is 0.200. The van der Waals surface area contributed by atoms with Gasteiger partial charge >= 0.3 is 0 Å². The van der Waals surface area contributed by atoms with Gasteiger partial charge in [-0.05, 0) is 37.3 Å². The molecule has 1 aromatic heterocycles. The molecule has 0 unspecified atom stereocenters. The number of benzene rings is 1. The standard InChI is InChI=1S/C15H16FN3O/c1-10-4-3-5-12(18-10)9-19(2)15(20)13-7-6-11(17)8-14(13)16/h3-8H,9,17H2,1-2H3. The number of nitrogen functional groups attached to an aromatic ring is 1. The summed E-state index contributed by atoms with van der Waals surface area (Å²) in [4.78, 5) is 17.9. The van der Waals surface area contributed by atoms with Gasteiger partial charge < -0.3 is 10.6 Å². The third-order valence-electron chi connectivity index (χ3n) is 2.92. The van der Waals surface area contributed by atoms with Crippen molar-refractivity contribution in [3.8, 4) is 0 Å². The molecule has 0 spiro atoms. The first kappa shape index (κ1) is 14.0. The quantitative estimate of drug-likeness (QED) is 0.873. The Morgan fingerprint density at radius 2 is 2.10 bits per heavy atom. The summed E-state index contributed by atoms with van der Waals surface area (Å²) >= 11 is 0. The molecule has 0 atom stereocenters. The summed E-state index contributed by atoms with van der Waals surface area (Å²) in [6.45, 7) is 2.20. The van der Waals surface area contributed by atoms with Crippen LogP contribution in [0.2, 0.25) is 0 Å². The van der Waals surface area contributed by atoms with Gasteiger partial charge in [-0.2, -0.15) is 0 Å². The molecule has 4 nitrogen and oxygen atoms in total. The molecular weight excluding hydrogens is 257 g/mol. The minimum atomic E-state index is -0.612. The molecule has 1 amide bonds. The number of pyridine rings is 1. The van der Waals surface area contributed by atoms with E-state index < -0.39 is 11.7 Å². The summed E-state index contributed by atoms with van der Waals surface area (Å²) in [5.74, 6) is -1.01. The van der Waals surface area contributed by atoms with Crippen LogP contribution in [0, 0.1) is 12.7 Å². The summed E-state index contributed by atoms with van der Waals surface area (Å²) in [6, 6.07) is 9.63. The van der Waals surface area contributed by atoms with Gasteiger partial charge in [-0.15, -0.1) is 0 Å². The average Bonchev–Trinajstić information content (AvgIpc) is 2.38. The van der Waals surface area contributed by atoms with Crippen molar-refractivity contribution in [2.75, 3.05) is 12.8 Å². The third kappa shape index (κ3) is 3.12. The summed E-state index contributed by atoms with van der Waals surface area (Å²) in [7, 11) is 1.61. The number of aromatic nitrogens is 1. The normalized spacial score (nSPS) is 10.3. The molecule has 0 aliphatic rings. The Labute approximate surface area is 117 Å². The molecule has 0 saturated carbocycles. The Kier molecular flexibility index (Phi) is 3.98. The first-order chi connectivity index (χ1) is 9.47. The van der Waals surface area contributed by atoms with E-state index in [2.05, 4.69) is 4.98 Å². The molecule has 0 radical (unpaired) electrons. The number of rotatable bonds is 3. The number of aryl methyl sites for hydroxylation is 1. The second kappa shape index (κ2) is 5.69. The number of halogens is 1. The smallest absolute Gasteiger partial charge is 0.256 e.